The number of carbonyl (C=O) groups excluding carboxylic acids is 1. The first-order valence-electron chi connectivity index (χ1n) is 9.68. The number of amidine groups is 1. The first kappa shape index (κ1) is 21.8. The molecule has 11 heteroatoms. The smallest absolute Gasteiger partial charge is 0.285 e. The van der Waals surface area contributed by atoms with Crippen LogP contribution >= 0.6 is 0 Å². The van der Waals surface area contributed by atoms with Gasteiger partial charge < -0.3 is 4.90 Å². The number of non-ortho nitro benzene ring substituents is 1. The SMILES string of the molecule is O=C(CN(C1=NS(=O)(=O)c2ccccc21)c1ccccc1)N/N=C/c1ccc([N+](=O)[O-])cc1. The molecule has 0 aliphatic carbocycles. The van der Waals surface area contributed by atoms with Crippen LogP contribution in [0.15, 0.2) is 93.3 Å². The number of nitrogens with zero attached hydrogens (tertiary/aromatic N) is 4. The Bertz CT molecular complexity index is 1370. The van der Waals surface area contributed by atoms with E-state index in [0.717, 1.165) is 0 Å². The second-order valence-electron chi connectivity index (χ2n) is 6.95. The molecule has 0 unspecified atom stereocenters. The number of fused-ring (bicyclic) bond motifs is 1. The molecule has 1 amide bonds. The predicted molar refractivity (Wildman–Crippen MR) is 123 cm³/mol. The minimum Gasteiger partial charge on any atom is -0.316 e. The van der Waals surface area contributed by atoms with Crippen LogP contribution in [0.5, 0.6) is 0 Å². The molecule has 0 fully saturated rings. The van der Waals surface area contributed by atoms with Crippen molar-refractivity contribution in [3.63, 3.8) is 0 Å². The molecule has 10 nitrogen and oxygen atoms in total. The lowest BCUT2D eigenvalue weighted by atomic mass is 10.1. The molecule has 0 saturated carbocycles. The molecule has 0 spiro atoms. The first-order valence-corrected chi connectivity index (χ1v) is 11.1. The van der Waals surface area contributed by atoms with Gasteiger partial charge in [-0.05, 0) is 42.0 Å². The lowest BCUT2D eigenvalue weighted by Crippen LogP contribution is -2.39. The van der Waals surface area contributed by atoms with Gasteiger partial charge in [0.2, 0.25) is 0 Å². The highest BCUT2D eigenvalue weighted by Crippen LogP contribution is 2.29. The Balaban J connectivity index is 1.55. The largest absolute Gasteiger partial charge is 0.316 e. The monoisotopic (exact) mass is 463 g/mol. The van der Waals surface area contributed by atoms with Gasteiger partial charge in [-0.2, -0.15) is 13.5 Å². The number of nitro benzene ring substituents is 1. The molecule has 33 heavy (non-hydrogen) atoms. The summed E-state index contributed by atoms with van der Waals surface area (Å²) in [6.45, 7) is -0.246. The van der Waals surface area contributed by atoms with Crippen molar-refractivity contribution in [1.82, 2.24) is 5.43 Å². The highest BCUT2D eigenvalue weighted by atomic mass is 32.2. The quantitative estimate of drug-likeness (QED) is 0.339. The molecule has 166 valence electrons. The van der Waals surface area contributed by atoms with Gasteiger partial charge in [0.15, 0.2) is 5.84 Å². The van der Waals surface area contributed by atoms with E-state index in [9.17, 15) is 23.3 Å². The maximum Gasteiger partial charge on any atom is 0.285 e. The van der Waals surface area contributed by atoms with Crippen LogP contribution in [0, 0.1) is 10.1 Å². The highest BCUT2D eigenvalue weighted by molar-refractivity contribution is 7.90. The number of para-hydroxylation sites is 1. The number of benzene rings is 3. The van der Waals surface area contributed by atoms with Gasteiger partial charge in [-0.15, -0.1) is 4.40 Å². The van der Waals surface area contributed by atoms with Crippen molar-refractivity contribution in [1.29, 1.82) is 0 Å². The molecule has 1 aliphatic rings. The normalized spacial score (nSPS) is 13.9. The fourth-order valence-electron chi connectivity index (χ4n) is 3.22. The lowest BCUT2D eigenvalue weighted by Gasteiger charge is -2.23. The number of rotatable bonds is 6. The van der Waals surface area contributed by atoms with E-state index in [2.05, 4.69) is 14.9 Å². The number of hydrogen-bond donors (Lipinski definition) is 1. The summed E-state index contributed by atoms with van der Waals surface area (Å²) in [5, 5.41) is 14.6. The number of carbonyl (C=O) groups is 1. The van der Waals surface area contributed by atoms with Gasteiger partial charge in [0.25, 0.3) is 21.6 Å². The van der Waals surface area contributed by atoms with Gasteiger partial charge in [-0.25, -0.2) is 5.43 Å². The van der Waals surface area contributed by atoms with Crippen LogP contribution in [-0.4, -0.2) is 37.8 Å². The van der Waals surface area contributed by atoms with Gasteiger partial charge in [0.1, 0.15) is 11.4 Å². The Morgan fingerprint density at radius 2 is 1.70 bits per heavy atom. The van der Waals surface area contributed by atoms with E-state index in [-0.39, 0.29) is 23.0 Å². The summed E-state index contributed by atoms with van der Waals surface area (Å²) < 4.78 is 28.9. The van der Waals surface area contributed by atoms with Gasteiger partial charge in [-0.3, -0.25) is 14.9 Å². The Morgan fingerprint density at radius 1 is 1.03 bits per heavy atom. The molecular formula is C22H17N5O5S. The molecule has 1 aliphatic heterocycles. The number of amides is 1. The van der Waals surface area contributed by atoms with Crippen LogP contribution in [-0.2, 0) is 14.8 Å². The van der Waals surface area contributed by atoms with Crippen molar-refractivity contribution in [2.75, 3.05) is 11.4 Å². The average Bonchev–Trinajstić information content (AvgIpc) is 3.09. The van der Waals surface area contributed by atoms with Gasteiger partial charge >= 0.3 is 0 Å². The van der Waals surface area contributed by atoms with E-state index in [1.807, 2.05) is 0 Å². The van der Waals surface area contributed by atoms with E-state index in [4.69, 9.17) is 0 Å². The zero-order valence-corrected chi connectivity index (χ0v) is 17.8. The second-order valence-corrected chi connectivity index (χ2v) is 8.52. The standard InChI is InChI=1S/C22H17N5O5S/c28-21(24-23-14-16-10-12-18(13-11-16)27(29)30)15-26(17-6-2-1-3-7-17)22-19-8-4-5-9-20(19)33(31,32)25-22/h1-14H,15H2,(H,24,28)/b23-14+. The van der Waals surface area contributed by atoms with Gasteiger partial charge in [0.05, 0.1) is 11.1 Å². The van der Waals surface area contributed by atoms with E-state index in [1.165, 1.54) is 41.4 Å². The number of hydrazone groups is 1. The van der Waals surface area contributed by atoms with Crippen LogP contribution in [0.4, 0.5) is 11.4 Å². The van der Waals surface area contributed by atoms with Crippen molar-refractivity contribution < 1.29 is 18.1 Å². The third-order valence-electron chi connectivity index (χ3n) is 4.74. The molecule has 0 bridgehead atoms. The Morgan fingerprint density at radius 3 is 2.39 bits per heavy atom. The Labute approximate surface area is 189 Å². The van der Waals surface area contributed by atoms with Gasteiger partial charge in [-0.1, -0.05) is 30.3 Å². The minimum absolute atomic E-state index is 0.0535. The third-order valence-corrected chi connectivity index (χ3v) is 6.07. The topological polar surface area (TPSA) is 134 Å². The Kier molecular flexibility index (Phi) is 5.96. The van der Waals surface area contributed by atoms with Gasteiger partial charge in [0, 0.05) is 23.4 Å². The first-order chi connectivity index (χ1) is 15.8. The minimum atomic E-state index is -3.87. The summed E-state index contributed by atoms with van der Waals surface area (Å²) >= 11 is 0. The molecular weight excluding hydrogens is 446 g/mol. The molecule has 0 saturated heterocycles. The highest BCUT2D eigenvalue weighted by Gasteiger charge is 2.33. The number of sulfonamides is 1. The molecule has 3 aromatic carbocycles. The Hall–Kier alpha value is -4.38. The maximum atomic E-state index is 12.6. The molecule has 0 radical (unpaired) electrons. The summed E-state index contributed by atoms with van der Waals surface area (Å²) in [5.41, 5.74) is 3.88. The maximum absolute atomic E-state index is 12.6. The average molecular weight is 463 g/mol. The van der Waals surface area contributed by atoms with E-state index >= 15 is 0 Å². The second kappa shape index (κ2) is 9.01. The number of hydrogen-bond acceptors (Lipinski definition) is 7. The number of anilines is 1. The summed E-state index contributed by atoms with van der Waals surface area (Å²) in [5.74, 6) is -0.368. The van der Waals surface area contributed by atoms with Crippen molar-refractivity contribution in [3.05, 3.63) is 100 Å². The zero-order valence-electron chi connectivity index (χ0n) is 17.0. The molecule has 0 aromatic heterocycles. The van der Waals surface area contributed by atoms with Crippen LogP contribution < -0.4 is 10.3 Å². The fourth-order valence-corrected chi connectivity index (χ4v) is 4.43. The summed E-state index contributed by atoms with van der Waals surface area (Å²) in [6.07, 6.45) is 1.35. The summed E-state index contributed by atoms with van der Waals surface area (Å²) in [6, 6.07) is 20.9. The molecule has 3 aromatic rings. The fraction of sp³-hybridized carbons (Fsp3) is 0.0455. The molecule has 1 N–H and O–H groups in total. The van der Waals surface area contributed by atoms with Crippen molar-refractivity contribution in [3.8, 4) is 0 Å². The number of nitrogens with one attached hydrogen (secondary N) is 1. The predicted octanol–water partition coefficient (Wildman–Crippen LogP) is 2.70. The number of nitro groups is 1. The van der Waals surface area contributed by atoms with Crippen molar-refractivity contribution >= 4 is 39.4 Å². The van der Waals surface area contributed by atoms with E-state index in [1.54, 1.807) is 48.5 Å². The van der Waals surface area contributed by atoms with Crippen molar-refractivity contribution in [2.45, 2.75) is 4.90 Å². The third kappa shape index (κ3) is 4.77. The van der Waals surface area contributed by atoms with Crippen LogP contribution in [0.1, 0.15) is 11.1 Å². The lowest BCUT2D eigenvalue weighted by molar-refractivity contribution is -0.384. The molecule has 4 rings (SSSR count). The van der Waals surface area contributed by atoms with Crippen LogP contribution in [0.3, 0.4) is 0 Å². The molecule has 1 heterocycles. The van der Waals surface area contributed by atoms with Crippen LogP contribution in [0.2, 0.25) is 0 Å². The zero-order chi connectivity index (χ0) is 23.4. The van der Waals surface area contributed by atoms with E-state index in [0.29, 0.717) is 16.8 Å². The summed E-state index contributed by atoms with van der Waals surface area (Å²) in [4.78, 5) is 24.4. The summed E-state index contributed by atoms with van der Waals surface area (Å²) in [7, 11) is -3.87. The van der Waals surface area contributed by atoms with Crippen LogP contribution in [0.25, 0.3) is 0 Å². The van der Waals surface area contributed by atoms with Crippen molar-refractivity contribution in [2.24, 2.45) is 9.50 Å². The van der Waals surface area contributed by atoms with E-state index < -0.39 is 20.9 Å². The molecule has 0 atom stereocenters.